The van der Waals surface area contributed by atoms with Crippen molar-refractivity contribution in [1.29, 1.82) is 10.5 Å². The summed E-state index contributed by atoms with van der Waals surface area (Å²) in [6, 6.07) is 20.9. The zero-order chi connectivity index (χ0) is 25.8. The second-order valence-corrected chi connectivity index (χ2v) is 9.02. The highest BCUT2D eigenvalue weighted by molar-refractivity contribution is 6.04. The highest BCUT2D eigenvalue weighted by atomic mass is 16.6. The van der Waals surface area contributed by atoms with Crippen LogP contribution < -0.4 is 4.74 Å². The maximum absolute atomic E-state index is 13.7. The summed E-state index contributed by atoms with van der Waals surface area (Å²) in [6.45, 7) is 3.60. The van der Waals surface area contributed by atoms with Crippen molar-refractivity contribution in [1.82, 2.24) is 0 Å². The van der Waals surface area contributed by atoms with Gasteiger partial charge >= 0.3 is 11.9 Å². The molecule has 0 aromatic heterocycles. The van der Waals surface area contributed by atoms with Gasteiger partial charge in [-0.3, -0.25) is 9.59 Å². The smallest absolute Gasteiger partial charge is 0.328 e. The average molecular weight is 485 g/mol. The molecule has 1 aliphatic heterocycles. The Balaban J connectivity index is 2.05. The summed E-state index contributed by atoms with van der Waals surface area (Å²) in [7, 11) is 0. The third-order valence-corrected chi connectivity index (χ3v) is 7.16. The SMILES string of the molecule is CCOC(=O)C1(C(=O)OCC)Cc2ccccc2OC[C@@H]2CC1=C[C@H](c1ccccc1)C2(C#N)C#N. The number of nitrogens with zero attached hydrogens (tertiary/aromatic N) is 2. The molecule has 0 unspecified atom stereocenters. The third-order valence-electron chi connectivity index (χ3n) is 7.16. The first-order valence-electron chi connectivity index (χ1n) is 12.1. The number of nitriles is 2. The molecule has 2 atom stereocenters. The quantitative estimate of drug-likeness (QED) is 0.349. The molecule has 7 heteroatoms. The Labute approximate surface area is 210 Å². The van der Waals surface area contributed by atoms with Crippen molar-refractivity contribution >= 4 is 11.9 Å². The summed E-state index contributed by atoms with van der Waals surface area (Å²) in [5, 5.41) is 20.8. The lowest BCUT2D eigenvalue weighted by Crippen LogP contribution is -2.49. The van der Waals surface area contributed by atoms with Crippen LogP contribution in [0.1, 0.15) is 37.3 Å². The van der Waals surface area contributed by atoms with Crippen LogP contribution in [0.4, 0.5) is 0 Å². The summed E-state index contributed by atoms with van der Waals surface area (Å²) < 4.78 is 17.2. The molecule has 0 saturated carbocycles. The largest absolute Gasteiger partial charge is 0.493 e. The predicted octanol–water partition coefficient (Wildman–Crippen LogP) is 4.50. The standard InChI is InChI=1S/C29H28N2O5/c1-3-34-26(32)29(27(33)35-4-2)16-21-12-8-9-13-25(21)36-17-23-14-22(29)15-24(28(23,18-30)19-31)20-10-6-5-7-11-20/h5-13,15,23-24H,3-4,14,16-17H2,1-2H3/t23-,24+/m0/s1. The maximum Gasteiger partial charge on any atom is 0.328 e. The number of rotatable bonds is 5. The minimum atomic E-state index is -1.78. The van der Waals surface area contributed by atoms with Gasteiger partial charge in [0.05, 0.1) is 32.0 Å². The molecule has 0 N–H and O–H groups in total. The molecule has 0 spiro atoms. The van der Waals surface area contributed by atoms with Crippen molar-refractivity contribution in [3.05, 3.63) is 77.4 Å². The van der Waals surface area contributed by atoms with Gasteiger partial charge in [0.25, 0.3) is 0 Å². The number of para-hydroxylation sites is 1. The normalized spacial score (nSPS) is 21.4. The van der Waals surface area contributed by atoms with Crippen LogP contribution in [0.15, 0.2) is 66.2 Å². The Morgan fingerprint density at radius 3 is 2.19 bits per heavy atom. The van der Waals surface area contributed by atoms with Crippen LogP contribution in [-0.2, 0) is 25.5 Å². The molecule has 4 rings (SSSR count). The lowest BCUT2D eigenvalue weighted by Gasteiger charge is -2.42. The van der Waals surface area contributed by atoms with E-state index in [0.29, 0.717) is 16.9 Å². The van der Waals surface area contributed by atoms with Gasteiger partial charge in [0, 0.05) is 18.3 Å². The number of benzene rings is 2. The lowest BCUT2D eigenvalue weighted by molar-refractivity contribution is -0.169. The predicted molar refractivity (Wildman–Crippen MR) is 130 cm³/mol. The number of esters is 2. The minimum Gasteiger partial charge on any atom is -0.493 e. The first kappa shape index (κ1) is 25.0. The van der Waals surface area contributed by atoms with Gasteiger partial charge in [-0.05, 0) is 43.0 Å². The molecule has 0 amide bonds. The number of carbonyl (C=O) groups is 2. The van der Waals surface area contributed by atoms with E-state index in [0.717, 1.165) is 5.56 Å². The highest BCUT2D eigenvalue weighted by Crippen LogP contribution is 2.54. The number of carbonyl (C=O) groups excluding carboxylic acids is 2. The average Bonchev–Trinajstić information content (AvgIpc) is 2.96. The van der Waals surface area contributed by atoms with E-state index in [4.69, 9.17) is 14.2 Å². The van der Waals surface area contributed by atoms with E-state index in [2.05, 4.69) is 12.1 Å². The fourth-order valence-corrected chi connectivity index (χ4v) is 5.33. The molecule has 2 bridgehead atoms. The van der Waals surface area contributed by atoms with Crippen LogP contribution in [-0.4, -0.2) is 31.8 Å². The summed E-state index contributed by atoms with van der Waals surface area (Å²) in [4.78, 5) is 27.5. The van der Waals surface area contributed by atoms with Crippen LogP contribution in [0.5, 0.6) is 5.75 Å². The number of hydrogen-bond donors (Lipinski definition) is 0. The van der Waals surface area contributed by atoms with Crippen molar-refractivity contribution in [3.8, 4) is 17.9 Å². The summed E-state index contributed by atoms with van der Waals surface area (Å²) in [5.41, 5.74) is -1.39. The molecule has 7 nitrogen and oxygen atoms in total. The second-order valence-electron chi connectivity index (χ2n) is 9.02. The van der Waals surface area contributed by atoms with Gasteiger partial charge < -0.3 is 14.2 Å². The molecule has 2 aromatic carbocycles. The van der Waals surface area contributed by atoms with E-state index in [1.165, 1.54) is 0 Å². The summed E-state index contributed by atoms with van der Waals surface area (Å²) in [5.74, 6) is -2.25. The minimum absolute atomic E-state index is 0.0208. The van der Waals surface area contributed by atoms with Crippen molar-refractivity contribution in [2.24, 2.45) is 16.7 Å². The van der Waals surface area contributed by atoms with Gasteiger partial charge in [-0.2, -0.15) is 10.5 Å². The molecule has 2 aromatic rings. The fourth-order valence-electron chi connectivity index (χ4n) is 5.33. The monoisotopic (exact) mass is 484 g/mol. The van der Waals surface area contributed by atoms with E-state index in [1.807, 2.05) is 36.4 Å². The molecule has 1 aliphatic carbocycles. The van der Waals surface area contributed by atoms with Gasteiger partial charge in [0.2, 0.25) is 0 Å². The Bertz CT molecular complexity index is 1220. The molecule has 0 radical (unpaired) electrons. The Hall–Kier alpha value is -4.10. The first-order chi connectivity index (χ1) is 17.5. The van der Waals surface area contributed by atoms with Crippen LogP contribution >= 0.6 is 0 Å². The number of hydrogen-bond acceptors (Lipinski definition) is 7. The van der Waals surface area contributed by atoms with Gasteiger partial charge in [-0.1, -0.05) is 54.6 Å². The molecule has 0 saturated heterocycles. The third kappa shape index (κ3) is 4.01. The molecule has 0 fully saturated rings. The molecular formula is C29H28N2O5. The van der Waals surface area contributed by atoms with Crippen LogP contribution in [0.3, 0.4) is 0 Å². The second kappa shape index (κ2) is 10.3. The van der Waals surface area contributed by atoms with Gasteiger partial charge in [-0.15, -0.1) is 0 Å². The van der Waals surface area contributed by atoms with E-state index in [1.54, 1.807) is 38.1 Å². The lowest BCUT2D eigenvalue weighted by atomic mass is 9.57. The molecule has 36 heavy (non-hydrogen) atoms. The van der Waals surface area contributed by atoms with Crippen LogP contribution in [0, 0.1) is 39.4 Å². The first-order valence-corrected chi connectivity index (χ1v) is 12.1. The van der Waals surface area contributed by atoms with Crippen molar-refractivity contribution < 1.29 is 23.8 Å². The number of allylic oxidation sites excluding steroid dienone is 1. The zero-order valence-electron chi connectivity index (χ0n) is 20.4. The van der Waals surface area contributed by atoms with Gasteiger partial charge in [0.1, 0.15) is 5.75 Å². The Morgan fingerprint density at radius 1 is 0.972 bits per heavy atom. The number of fused-ring (bicyclic) bond motifs is 3. The van der Waals surface area contributed by atoms with Crippen molar-refractivity contribution in [2.45, 2.75) is 32.6 Å². The molecule has 1 heterocycles. The summed E-state index contributed by atoms with van der Waals surface area (Å²) in [6.07, 6.45) is 1.86. The Kier molecular flexibility index (Phi) is 7.12. The van der Waals surface area contributed by atoms with Crippen molar-refractivity contribution in [2.75, 3.05) is 19.8 Å². The van der Waals surface area contributed by atoms with Crippen LogP contribution in [0.25, 0.3) is 0 Å². The van der Waals surface area contributed by atoms with Gasteiger partial charge in [0.15, 0.2) is 10.8 Å². The van der Waals surface area contributed by atoms with E-state index < -0.39 is 34.6 Å². The van der Waals surface area contributed by atoms with E-state index in [-0.39, 0.29) is 32.7 Å². The number of ether oxygens (including phenoxy) is 3. The fraction of sp³-hybridized carbons (Fsp3) is 0.379. The Morgan fingerprint density at radius 2 is 1.58 bits per heavy atom. The van der Waals surface area contributed by atoms with E-state index in [9.17, 15) is 20.1 Å². The molecular weight excluding hydrogens is 456 g/mol. The maximum atomic E-state index is 13.7. The van der Waals surface area contributed by atoms with Crippen molar-refractivity contribution in [3.63, 3.8) is 0 Å². The zero-order valence-corrected chi connectivity index (χ0v) is 20.4. The van der Waals surface area contributed by atoms with Crippen LogP contribution in [0.2, 0.25) is 0 Å². The van der Waals surface area contributed by atoms with Gasteiger partial charge in [-0.25, -0.2) is 0 Å². The molecule has 184 valence electrons. The topological polar surface area (TPSA) is 109 Å². The highest BCUT2D eigenvalue weighted by Gasteiger charge is 2.59. The molecule has 2 aliphatic rings. The summed E-state index contributed by atoms with van der Waals surface area (Å²) >= 11 is 0. The van der Waals surface area contributed by atoms with E-state index >= 15 is 0 Å².